The Morgan fingerprint density at radius 3 is 2.75 bits per heavy atom. The molecule has 0 unspecified atom stereocenters. The lowest BCUT2D eigenvalue weighted by atomic mass is 10.1. The number of carbonyl (C=O) groups excluding carboxylic acids is 1. The van der Waals surface area contributed by atoms with Crippen molar-refractivity contribution < 1.29 is 22.7 Å². The molecule has 1 aromatic carbocycles. The van der Waals surface area contributed by atoms with E-state index in [1.54, 1.807) is 13.8 Å². The molecular formula is C15H10F3IN2O2S. The van der Waals surface area contributed by atoms with Crippen molar-refractivity contribution in [3.05, 3.63) is 43.9 Å². The zero-order valence-corrected chi connectivity index (χ0v) is 15.5. The molecular weight excluding hydrogens is 456 g/mol. The Kier molecular flexibility index (Phi) is 4.56. The van der Waals surface area contributed by atoms with Gasteiger partial charge in [-0.2, -0.15) is 5.10 Å². The minimum absolute atomic E-state index is 0.213. The summed E-state index contributed by atoms with van der Waals surface area (Å²) in [5.74, 6) is -3.84. The lowest BCUT2D eigenvalue weighted by molar-refractivity contribution is 0.0530. The molecule has 0 N–H and O–H groups in total. The van der Waals surface area contributed by atoms with Gasteiger partial charge in [0, 0.05) is 17.2 Å². The normalized spacial score (nSPS) is 11.2. The van der Waals surface area contributed by atoms with Gasteiger partial charge in [-0.3, -0.25) is 0 Å². The highest BCUT2D eigenvalue weighted by Gasteiger charge is 2.25. The second-order valence-corrected chi connectivity index (χ2v) is 6.89. The van der Waals surface area contributed by atoms with E-state index >= 15 is 0 Å². The Balaban J connectivity index is 2.28. The zero-order valence-electron chi connectivity index (χ0n) is 12.5. The first kappa shape index (κ1) is 17.2. The molecule has 3 rings (SSSR count). The lowest BCUT2D eigenvalue weighted by Crippen LogP contribution is -2.05. The SMILES string of the molecule is CCOC(=O)c1sc2c(-c3cc(F)cc(F)c3F)c(C)nn2c1I. The van der Waals surface area contributed by atoms with Crippen LogP contribution in [0.4, 0.5) is 13.2 Å². The second kappa shape index (κ2) is 6.36. The van der Waals surface area contributed by atoms with E-state index in [0.717, 1.165) is 17.4 Å². The third kappa shape index (κ3) is 2.69. The lowest BCUT2D eigenvalue weighted by Gasteiger charge is -2.03. The summed E-state index contributed by atoms with van der Waals surface area (Å²) in [5.41, 5.74) is 0.427. The van der Waals surface area contributed by atoms with Gasteiger partial charge in [0.1, 0.15) is 19.2 Å². The summed E-state index contributed by atoms with van der Waals surface area (Å²) in [6, 6.07) is 1.40. The number of halogens is 4. The number of carbonyl (C=O) groups is 1. The minimum atomic E-state index is -1.28. The molecule has 0 aliphatic heterocycles. The van der Waals surface area contributed by atoms with Crippen LogP contribution >= 0.6 is 33.9 Å². The average molecular weight is 466 g/mol. The van der Waals surface area contributed by atoms with Gasteiger partial charge in [0.25, 0.3) is 0 Å². The standard InChI is InChI=1S/C15H10F3IN2O2S/c1-3-23-15(22)12-13(19)21-14(24-12)10(6(2)20-21)8-4-7(16)5-9(17)11(8)18/h4-5H,3H2,1-2H3. The Bertz CT molecular complexity index is 968. The molecule has 0 bridgehead atoms. The molecule has 2 aromatic heterocycles. The fourth-order valence-corrected chi connectivity index (χ4v) is 4.49. The first-order valence-electron chi connectivity index (χ1n) is 6.84. The third-order valence-electron chi connectivity index (χ3n) is 3.31. The van der Waals surface area contributed by atoms with Crippen LogP contribution in [0.3, 0.4) is 0 Å². The molecule has 0 atom stereocenters. The molecule has 0 saturated carbocycles. The number of aromatic nitrogens is 2. The van der Waals surface area contributed by atoms with Crippen LogP contribution in [-0.2, 0) is 4.74 Å². The number of benzene rings is 1. The summed E-state index contributed by atoms with van der Waals surface area (Å²) in [7, 11) is 0. The monoisotopic (exact) mass is 466 g/mol. The number of ether oxygens (including phenoxy) is 1. The summed E-state index contributed by atoms with van der Waals surface area (Å²) in [6.07, 6.45) is 0. The molecule has 0 fully saturated rings. The number of nitrogens with zero attached hydrogens (tertiary/aromatic N) is 2. The summed E-state index contributed by atoms with van der Waals surface area (Å²) >= 11 is 2.97. The summed E-state index contributed by atoms with van der Waals surface area (Å²) in [5, 5.41) is 4.25. The van der Waals surface area contributed by atoms with E-state index in [4.69, 9.17) is 4.74 Å². The Hall–Kier alpha value is -1.62. The van der Waals surface area contributed by atoms with Gasteiger partial charge in [-0.15, -0.1) is 11.3 Å². The van der Waals surface area contributed by atoms with Gasteiger partial charge in [-0.25, -0.2) is 22.5 Å². The number of rotatable bonds is 3. The van der Waals surface area contributed by atoms with Gasteiger partial charge in [-0.1, -0.05) is 0 Å². The van der Waals surface area contributed by atoms with Crippen molar-refractivity contribution >= 4 is 44.7 Å². The smallest absolute Gasteiger partial charge is 0.351 e. The number of aryl methyl sites for hydroxylation is 1. The predicted molar refractivity (Wildman–Crippen MR) is 91.8 cm³/mol. The van der Waals surface area contributed by atoms with Crippen LogP contribution in [0.2, 0.25) is 0 Å². The van der Waals surface area contributed by atoms with Gasteiger partial charge in [0.05, 0.1) is 12.3 Å². The molecule has 0 spiro atoms. The van der Waals surface area contributed by atoms with Crippen molar-refractivity contribution in [2.45, 2.75) is 13.8 Å². The van der Waals surface area contributed by atoms with E-state index in [1.165, 1.54) is 4.52 Å². The van der Waals surface area contributed by atoms with Crippen molar-refractivity contribution in [2.24, 2.45) is 0 Å². The van der Waals surface area contributed by atoms with Crippen molar-refractivity contribution in [2.75, 3.05) is 6.61 Å². The molecule has 4 nitrogen and oxygen atoms in total. The Morgan fingerprint density at radius 2 is 2.08 bits per heavy atom. The van der Waals surface area contributed by atoms with Gasteiger partial charge >= 0.3 is 5.97 Å². The van der Waals surface area contributed by atoms with E-state index < -0.39 is 23.4 Å². The molecule has 0 radical (unpaired) electrons. The Labute approximate surface area is 152 Å². The van der Waals surface area contributed by atoms with Crippen molar-refractivity contribution in [3.8, 4) is 11.1 Å². The van der Waals surface area contributed by atoms with Gasteiger partial charge in [0.2, 0.25) is 0 Å². The highest BCUT2D eigenvalue weighted by molar-refractivity contribution is 14.1. The van der Waals surface area contributed by atoms with Gasteiger partial charge in [-0.05, 0) is 42.5 Å². The molecule has 126 valence electrons. The Morgan fingerprint density at radius 1 is 1.38 bits per heavy atom. The highest BCUT2D eigenvalue weighted by Crippen LogP contribution is 2.37. The van der Waals surface area contributed by atoms with Gasteiger partial charge < -0.3 is 4.74 Å². The van der Waals surface area contributed by atoms with Crippen molar-refractivity contribution in [3.63, 3.8) is 0 Å². The minimum Gasteiger partial charge on any atom is -0.462 e. The maximum Gasteiger partial charge on any atom is 0.351 e. The average Bonchev–Trinajstić information content (AvgIpc) is 2.99. The fraction of sp³-hybridized carbons (Fsp3) is 0.200. The molecule has 24 heavy (non-hydrogen) atoms. The number of thiazole rings is 1. The van der Waals surface area contributed by atoms with Crippen LogP contribution < -0.4 is 0 Å². The van der Waals surface area contributed by atoms with E-state index in [-0.39, 0.29) is 17.7 Å². The first-order valence-corrected chi connectivity index (χ1v) is 8.74. The number of hydrogen-bond acceptors (Lipinski definition) is 4. The summed E-state index contributed by atoms with van der Waals surface area (Å²) in [6.45, 7) is 3.51. The van der Waals surface area contributed by atoms with Crippen molar-refractivity contribution in [1.29, 1.82) is 0 Å². The molecule has 2 heterocycles. The van der Waals surface area contributed by atoms with Gasteiger partial charge in [0.15, 0.2) is 11.6 Å². The fourth-order valence-electron chi connectivity index (χ4n) is 2.34. The van der Waals surface area contributed by atoms with Crippen LogP contribution in [0, 0.1) is 28.1 Å². The first-order chi connectivity index (χ1) is 11.3. The van der Waals surface area contributed by atoms with Crippen LogP contribution in [0.25, 0.3) is 16.0 Å². The number of esters is 1. The molecule has 0 saturated heterocycles. The molecule has 0 aliphatic carbocycles. The maximum absolute atomic E-state index is 14.2. The van der Waals surface area contributed by atoms with Crippen LogP contribution in [0.1, 0.15) is 22.3 Å². The van der Waals surface area contributed by atoms with Crippen LogP contribution in [0.15, 0.2) is 12.1 Å². The van der Waals surface area contributed by atoms with E-state index in [2.05, 4.69) is 5.10 Å². The number of hydrogen-bond donors (Lipinski definition) is 0. The number of fused-ring (bicyclic) bond motifs is 1. The molecule has 0 aliphatic rings. The third-order valence-corrected chi connectivity index (χ3v) is 5.81. The van der Waals surface area contributed by atoms with E-state index in [0.29, 0.717) is 25.2 Å². The maximum atomic E-state index is 14.2. The molecule has 0 amide bonds. The van der Waals surface area contributed by atoms with E-state index in [9.17, 15) is 18.0 Å². The van der Waals surface area contributed by atoms with Crippen LogP contribution in [0.5, 0.6) is 0 Å². The summed E-state index contributed by atoms with van der Waals surface area (Å²) < 4.78 is 48.2. The topological polar surface area (TPSA) is 43.6 Å². The predicted octanol–water partition coefficient (Wildman–Crippen LogP) is 4.57. The molecule has 3 aromatic rings. The van der Waals surface area contributed by atoms with E-state index in [1.807, 2.05) is 22.6 Å². The second-order valence-electron chi connectivity index (χ2n) is 4.87. The van der Waals surface area contributed by atoms with Crippen molar-refractivity contribution in [1.82, 2.24) is 9.61 Å². The summed E-state index contributed by atoms with van der Waals surface area (Å²) in [4.78, 5) is 12.7. The zero-order chi connectivity index (χ0) is 17.6. The largest absolute Gasteiger partial charge is 0.462 e. The molecule has 9 heteroatoms. The quantitative estimate of drug-likeness (QED) is 0.323. The highest BCUT2D eigenvalue weighted by atomic mass is 127. The van der Waals surface area contributed by atoms with Crippen LogP contribution in [-0.4, -0.2) is 22.2 Å².